The van der Waals surface area contributed by atoms with Crippen molar-refractivity contribution in [3.63, 3.8) is 0 Å². The maximum atomic E-state index is 5.99. The van der Waals surface area contributed by atoms with E-state index in [1.165, 1.54) is 64.2 Å². The van der Waals surface area contributed by atoms with Crippen LogP contribution in [0.1, 0.15) is 64.2 Å². The SMILES string of the molecule is COc1ccccc1[PH](c1ccccc1)(C1CCCCC1)C1CCCCC1. The van der Waals surface area contributed by atoms with Gasteiger partial charge in [-0.3, -0.25) is 0 Å². The number of hydrogen-bond donors (Lipinski definition) is 0. The Labute approximate surface area is 165 Å². The third-order valence-electron chi connectivity index (χ3n) is 7.30. The van der Waals surface area contributed by atoms with E-state index in [1.807, 2.05) is 7.11 Å². The zero-order valence-electron chi connectivity index (χ0n) is 16.8. The van der Waals surface area contributed by atoms with Crippen LogP contribution in [0.15, 0.2) is 54.6 Å². The summed E-state index contributed by atoms with van der Waals surface area (Å²) in [4.78, 5) is 0. The Bertz CT molecular complexity index is 696. The molecule has 2 saturated carbocycles. The van der Waals surface area contributed by atoms with Crippen LogP contribution in [0.4, 0.5) is 0 Å². The molecule has 0 radical (unpaired) electrons. The number of methoxy groups -OCH3 is 1. The summed E-state index contributed by atoms with van der Waals surface area (Å²) < 4.78 is 5.99. The van der Waals surface area contributed by atoms with Gasteiger partial charge in [0.1, 0.15) is 0 Å². The molecule has 0 spiro atoms. The van der Waals surface area contributed by atoms with E-state index in [2.05, 4.69) is 54.6 Å². The van der Waals surface area contributed by atoms with E-state index in [0.717, 1.165) is 17.1 Å². The van der Waals surface area contributed by atoms with Gasteiger partial charge in [-0.25, -0.2) is 0 Å². The Morgan fingerprint density at radius 2 is 1.19 bits per heavy atom. The summed E-state index contributed by atoms with van der Waals surface area (Å²) in [6.45, 7) is 0. The van der Waals surface area contributed by atoms with E-state index in [0.29, 0.717) is 0 Å². The fourth-order valence-corrected chi connectivity index (χ4v) is 13.4. The molecule has 1 nitrogen and oxygen atoms in total. The van der Waals surface area contributed by atoms with E-state index in [4.69, 9.17) is 4.74 Å². The molecule has 0 amide bonds. The number of benzene rings is 2. The quantitative estimate of drug-likeness (QED) is 0.571. The van der Waals surface area contributed by atoms with E-state index in [9.17, 15) is 0 Å². The fraction of sp³-hybridized carbons (Fsp3) is 0.520. The van der Waals surface area contributed by atoms with Gasteiger partial charge in [0.2, 0.25) is 0 Å². The monoisotopic (exact) mass is 382 g/mol. The first-order chi connectivity index (χ1) is 13.4. The number of para-hydroxylation sites is 1. The Hall–Kier alpha value is -1.33. The molecule has 2 aliphatic carbocycles. The minimum absolute atomic E-state index is 0.855. The second-order valence-corrected chi connectivity index (χ2v) is 13.1. The number of rotatable bonds is 5. The van der Waals surface area contributed by atoms with Gasteiger partial charge in [-0.2, -0.15) is 0 Å². The van der Waals surface area contributed by atoms with Gasteiger partial charge in [0.15, 0.2) is 0 Å². The van der Waals surface area contributed by atoms with Gasteiger partial charge in [-0.15, -0.1) is 0 Å². The maximum absolute atomic E-state index is 5.99. The van der Waals surface area contributed by atoms with Crippen LogP contribution in [0, 0.1) is 0 Å². The standard InChI is InChI=1S/C25H35OP/c1-26-24-19-11-12-20-25(24)27(21-13-5-2-6-14-21,22-15-7-3-8-16-22)23-17-9-4-10-18-23/h2,5-6,11-14,19-20,22-23,27H,3-4,7-10,15-18H2,1H3. The average molecular weight is 383 g/mol. The molecule has 27 heavy (non-hydrogen) atoms. The van der Waals surface area contributed by atoms with Crippen molar-refractivity contribution in [1.29, 1.82) is 0 Å². The molecular formula is C25H35OP. The average Bonchev–Trinajstić information content (AvgIpc) is 2.77. The zero-order valence-corrected chi connectivity index (χ0v) is 17.8. The molecule has 4 rings (SSSR count). The van der Waals surface area contributed by atoms with Crippen molar-refractivity contribution in [3.05, 3.63) is 54.6 Å². The molecule has 0 bridgehead atoms. The summed E-state index contributed by atoms with van der Waals surface area (Å²) >= 11 is 0. The summed E-state index contributed by atoms with van der Waals surface area (Å²) in [6.07, 6.45) is 14.1. The molecular weight excluding hydrogens is 347 g/mol. The van der Waals surface area contributed by atoms with E-state index in [-0.39, 0.29) is 0 Å². The van der Waals surface area contributed by atoms with Gasteiger partial charge >= 0.3 is 166 Å². The van der Waals surface area contributed by atoms with Crippen molar-refractivity contribution in [2.75, 3.05) is 7.11 Å². The summed E-state index contributed by atoms with van der Waals surface area (Å²) in [5.74, 6) is 1.14. The van der Waals surface area contributed by atoms with Crippen molar-refractivity contribution in [1.82, 2.24) is 0 Å². The van der Waals surface area contributed by atoms with Crippen LogP contribution in [0.25, 0.3) is 0 Å². The van der Waals surface area contributed by atoms with E-state index < -0.39 is 7.26 Å². The molecule has 0 N–H and O–H groups in total. The van der Waals surface area contributed by atoms with Crippen molar-refractivity contribution < 1.29 is 4.74 Å². The van der Waals surface area contributed by atoms with Crippen molar-refractivity contribution >= 4 is 17.9 Å². The van der Waals surface area contributed by atoms with Gasteiger partial charge in [-0.05, 0) is 0 Å². The Balaban J connectivity index is 1.95. The normalized spacial score (nSPS) is 20.3. The Morgan fingerprint density at radius 1 is 0.667 bits per heavy atom. The summed E-state index contributed by atoms with van der Waals surface area (Å²) in [5.41, 5.74) is 1.71. The zero-order chi connectivity index (χ0) is 18.5. The van der Waals surface area contributed by atoms with Gasteiger partial charge in [0.25, 0.3) is 0 Å². The fourth-order valence-electron chi connectivity index (χ4n) is 6.22. The van der Waals surface area contributed by atoms with Crippen molar-refractivity contribution in [2.45, 2.75) is 75.5 Å². The molecule has 2 heteroatoms. The number of ether oxygens (including phenoxy) is 1. The van der Waals surface area contributed by atoms with Crippen molar-refractivity contribution in [3.8, 4) is 5.75 Å². The topological polar surface area (TPSA) is 9.23 Å². The molecule has 0 aromatic heterocycles. The molecule has 0 aliphatic heterocycles. The molecule has 0 saturated heterocycles. The van der Waals surface area contributed by atoms with E-state index >= 15 is 0 Å². The van der Waals surface area contributed by atoms with Gasteiger partial charge in [0, 0.05) is 0 Å². The van der Waals surface area contributed by atoms with E-state index in [1.54, 1.807) is 10.6 Å². The summed E-state index contributed by atoms with van der Waals surface area (Å²) in [5, 5.41) is 3.24. The van der Waals surface area contributed by atoms with Crippen LogP contribution in [-0.4, -0.2) is 18.4 Å². The molecule has 2 aromatic rings. The van der Waals surface area contributed by atoms with Crippen LogP contribution in [0.2, 0.25) is 0 Å². The van der Waals surface area contributed by atoms with Crippen LogP contribution in [0.5, 0.6) is 5.75 Å². The second kappa shape index (κ2) is 8.78. The van der Waals surface area contributed by atoms with Gasteiger partial charge < -0.3 is 0 Å². The number of hydrogen-bond acceptors (Lipinski definition) is 1. The first kappa shape index (κ1) is 19.0. The molecule has 2 fully saturated rings. The summed E-state index contributed by atoms with van der Waals surface area (Å²) in [7, 11) is -0.0708. The predicted octanol–water partition coefficient (Wildman–Crippen LogP) is 6.06. The third-order valence-corrected chi connectivity index (χ3v) is 13.6. The molecule has 0 heterocycles. The first-order valence-corrected chi connectivity index (χ1v) is 13.2. The minimum atomic E-state index is -1.94. The van der Waals surface area contributed by atoms with Crippen LogP contribution in [0.3, 0.4) is 0 Å². The molecule has 2 aliphatic rings. The van der Waals surface area contributed by atoms with Crippen molar-refractivity contribution in [2.24, 2.45) is 0 Å². The first-order valence-electron chi connectivity index (χ1n) is 11.1. The molecule has 0 unspecified atom stereocenters. The summed E-state index contributed by atoms with van der Waals surface area (Å²) in [6, 6.07) is 20.7. The Kier molecular flexibility index (Phi) is 6.18. The molecule has 2 aromatic carbocycles. The third kappa shape index (κ3) is 3.56. The van der Waals surface area contributed by atoms with Gasteiger partial charge in [0.05, 0.1) is 0 Å². The van der Waals surface area contributed by atoms with Crippen LogP contribution < -0.4 is 15.3 Å². The Morgan fingerprint density at radius 3 is 1.74 bits per heavy atom. The molecule has 146 valence electrons. The molecule has 0 atom stereocenters. The second-order valence-electron chi connectivity index (χ2n) is 8.61. The van der Waals surface area contributed by atoms with Crippen LogP contribution in [-0.2, 0) is 0 Å². The van der Waals surface area contributed by atoms with Gasteiger partial charge in [-0.1, -0.05) is 0 Å². The predicted molar refractivity (Wildman–Crippen MR) is 121 cm³/mol. The van der Waals surface area contributed by atoms with Crippen LogP contribution >= 0.6 is 7.26 Å².